The zero-order chi connectivity index (χ0) is 20.9. The Balaban J connectivity index is 1.53. The van der Waals surface area contributed by atoms with Crippen molar-refractivity contribution in [3.05, 3.63) is 92.4 Å². The summed E-state index contributed by atoms with van der Waals surface area (Å²) >= 11 is 14.9. The molecule has 0 aliphatic heterocycles. The van der Waals surface area contributed by atoms with Crippen LogP contribution in [0.2, 0.25) is 5.02 Å². The maximum atomic E-state index is 6.06. The van der Waals surface area contributed by atoms with E-state index >= 15 is 0 Å². The largest absolute Gasteiger partial charge is 0.489 e. The number of aromatic nitrogens is 4. The van der Waals surface area contributed by atoms with Crippen LogP contribution in [0.25, 0.3) is 11.4 Å². The average Bonchev–Trinajstić information content (AvgIpc) is 3.13. The molecule has 2 heterocycles. The fourth-order valence-corrected chi connectivity index (χ4v) is 3.60. The number of H-pyrrole nitrogens is 1. The molecule has 2 aromatic carbocycles. The van der Waals surface area contributed by atoms with Crippen molar-refractivity contribution in [2.75, 3.05) is 5.43 Å². The van der Waals surface area contributed by atoms with Gasteiger partial charge in [0.25, 0.3) is 0 Å². The molecule has 9 heteroatoms. The summed E-state index contributed by atoms with van der Waals surface area (Å²) in [6, 6.07) is 17.3. The summed E-state index contributed by atoms with van der Waals surface area (Å²) in [5.41, 5.74) is 6.25. The summed E-state index contributed by atoms with van der Waals surface area (Å²) in [7, 11) is 0. The Morgan fingerprint density at radius 2 is 1.87 bits per heavy atom. The molecule has 4 rings (SSSR count). The molecule has 2 N–H and O–H groups in total. The monoisotopic (exact) mass is 501 g/mol. The lowest BCUT2D eigenvalue weighted by atomic mass is 10.2. The van der Waals surface area contributed by atoms with Crippen molar-refractivity contribution in [2.45, 2.75) is 13.2 Å². The molecule has 0 spiro atoms. The number of hydrogen-bond acceptors (Lipinski definition) is 5. The Bertz CT molecular complexity index is 1190. The van der Waals surface area contributed by atoms with E-state index in [0.717, 1.165) is 26.9 Å². The number of benzene rings is 2. The van der Waals surface area contributed by atoms with Gasteiger partial charge in [0.1, 0.15) is 12.4 Å². The van der Waals surface area contributed by atoms with Gasteiger partial charge < -0.3 is 10.2 Å². The molecular weight excluding hydrogens is 486 g/mol. The molecule has 0 aliphatic rings. The first-order valence-corrected chi connectivity index (χ1v) is 10.7. The SMILES string of the molecule is S=c1[nH]nc(-c2ccncc2)n1NCc1cc(Br)ccc1OCc1ccc(Cl)cc1. The summed E-state index contributed by atoms with van der Waals surface area (Å²) in [4.78, 5) is 4.05. The summed E-state index contributed by atoms with van der Waals surface area (Å²) < 4.78 is 9.24. The van der Waals surface area contributed by atoms with Crippen LogP contribution in [0.3, 0.4) is 0 Å². The van der Waals surface area contributed by atoms with Gasteiger partial charge in [-0.3, -0.25) is 4.98 Å². The topological polar surface area (TPSA) is 67.8 Å². The average molecular weight is 503 g/mol. The van der Waals surface area contributed by atoms with E-state index in [0.29, 0.717) is 28.8 Å². The first kappa shape index (κ1) is 20.6. The summed E-state index contributed by atoms with van der Waals surface area (Å²) in [6.45, 7) is 0.931. The molecule has 0 unspecified atom stereocenters. The third kappa shape index (κ3) is 4.89. The van der Waals surface area contributed by atoms with Crippen LogP contribution in [0, 0.1) is 4.77 Å². The molecule has 0 radical (unpaired) electrons. The predicted octanol–water partition coefficient (Wildman–Crippen LogP) is 5.74. The maximum Gasteiger partial charge on any atom is 0.214 e. The van der Waals surface area contributed by atoms with Crippen LogP contribution in [0.15, 0.2) is 71.5 Å². The number of ether oxygens (including phenoxy) is 1. The first-order chi connectivity index (χ1) is 14.6. The smallest absolute Gasteiger partial charge is 0.214 e. The maximum absolute atomic E-state index is 6.06. The predicted molar refractivity (Wildman–Crippen MR) is 124 cm³/mol. The van der Waals surface area contributed by atoms with Crippen LogP contribution in [-0.2, 0) is 13.2 Å². The van der Waals surface area contributed by atoms with Crippen LogP contribution in [0.5, 0.6) is 5.75 Å². The minimum Gasteiger partial charge on any atom is -0.489 e. The van der Waals surface area contributed by atoms with E-state index in [1.54, 1.807) is 17.1 Å². The van der Waals surface area contributed by atoms with Crippen molar-refractivity contribution in [1.29, 1.82) is 0 Å². The van der Waals surface area contributed by atoms with Gasteiger partial charge in [0, 0.05) is 33.0 Å². The van der Waals surface area contributed by atoms with E-state index in [-0.39, 0.29) is 0 Å². The highest BCUT2D eigenvalue weighted by atomic mass is 79.9. The van der Waals surface area contributed by atoms with Crippen molar-refractivity contribution in [1.82, 2.24) is 19.9 Å². The third-order valence-corrected chi connectivity index (χ3v) is 5.39. The molecule has 0 aliphatic carbocycles. The van der Waals surface area contributed by atoms with Gasteiger partial charge in [0.15, 0.2) is 5.82 Å². The second-order valence-corrected chi connectivity index (χ2v) is 8.16. The molecule has 4 aromatic rings. The van der Waals surface area contributed by atoms with Gasteiger partial charge >= 0.3 is 0 Å². The van der Waals surface area contributed by atoms with Crippen molar-refractivity contribution in [3.63, 3.8) is 0 Å². The van der Waals surface area contributed by atoms with Gasteiger partial charge in [0.05, 0.1) is 6.54 Å². The van der Waals surface area contributed by atoms with Crippen LogP contribution in [0.4, 0.5) is 0 Å². The van der Waals surface area contributed by atoms with Crippen molar-refractivity contribution < 1.29 is 4.74 Å². The number of nitrogens with one attached hydrogen (secondary N) is 2. The second kappa shape index (κ2) is 9.42. The van der Waals surface area contributed by atoms with Gasteiger partial charge in [-0.05, 0) is 60.2 Å². The zero-order valence-electron chi connectivity index (χ0n) is 15.7. The molecule has 0 amide bonds. The number of rotatable bonds is 7. The van der Waals surface area contributed by atoms with Crippen LogP contribution < -0.4 is 10.2 Å². The van der Waals surface area contributed by atoms with Crippen molar-refractivity contribution in [2.24, 2.45) is 0 Å². The Morgan fingerprint density at radius 3 is 2.63 bits per heavy atom. The Hall–Kier alpha value is -2.68. The number of halogens is 2. The molecule has 0 saturated heterocycles. The minimum atomic E-state index is 0.444. The lowest BCUT2D eigenvalue weighted by molar-refractivity contribution is 0.303. The lowest BCUT2D eigenvalue weighted by Gasteiger charge is -2.15. The normalized spacial score (nSPS) is 10.7. The van der Waals surface area contributed by atoms with Crippen molar-refractivity contribution >= 4 is 39.7 Å². The molecule has 6 nitrogen and oxygen atoms in total. The molecule has 30 heavy (non-hydrogen) atoms. The molecule has 152 valence electrons. The van der Waals surface area contributed by atoms with E-state index in [4.69, 9.17) is 28.6 Å². The second-order valence-electron chi connectivity index (χ2n) is 6.43. The van der Waals surface area contributed by atoms with E-state index in [9.17, 15) is 0 Å². The van der Waals surface area contributed by atoms with Gasteiger partial charge in [-0.25, -0.2) is 9.77 Å². The van der Waals surface area contributed by atoms with E-state index in [1.165, 1.54) is 0 Å². The van der Waals surface area contributed by atoms with Crippen LogP contribution in [0.1, 0.15) is 11.1 Å². The highest BCUT2D eigenvalue weighted by Crippen LogP contribution is 2.25. The molecular formula is C21H17BrClN5OS. The summed E-state index contributed by atoms with van der Waals surface area (Å²) in [6.07, 6.45) is 3.43. The van der Waals surface area contributed by atoms with Gasteiger partial charge in [-0.15, -0.1) is 0 Å². The fourth-order valence-electron chi connectivity index (χ4n) is 2.87. The number of pyridine rings is 1. The molecule has 0 atom stereocenters. The Morgan fingerprint density at radius 1 is 1.10 bits per heavy atom. The van der Waals surface area contributed by atoms with Crippen LogP contribution in [-0.4, -0.2) is 19.9 Å². The van der Waals surface area contributed by atoms with Gasteiger partial charge in [-0.2, -0.15) is 5.10 Å². The summed E-state index contributed by atoms with van der Waals surface area (Å²) in [5, 5.41) is 7.86. The van der Waals surface area contributed by atoms with E-state index in [1.807, 2.05) is 54.6 Å². The highest BCUT2D eigenvalue weighted by Gasteiger charge is 2.11. The van der Waals surface area contributed by atoms with E-state index < -0.39 is 0 Å². The first-order valence-electron chi connectivity index (χ1n) is 9.07. The Kier molecular flexibility index (Phi) is 6.47. The molecule has 0 bridgehead atoms. The van der Waals surface area contributed by atoms with E-state index in [2.05, 4.69) is 36.5 Å². The van der Waals surface area contributed by atoms with Gasteiger partial charge in [-0.1, -0.05) is 39.7 Å². The Labute approximate surface area is 192 Å². The molecule has 0 fully saturated rings. The molecule has 0 saturated carbocycles. The fraction of sp³-hybridized carbons (Fsp3) is 0.0952. The third-order valence-electron chi connectivity index (χ3n) is 4.37. The highest BCUT2D eigenvalue weighted by molar-refractivity contribution is 9.10. The lowest BCUT2D eigenvalue weighted by Crippen LogP contribution is -2.16. The van der Waals surface area contributed by atoms with Crippen molar-refractivity contribution in [3.8, 4) is 17.1 Å². The minimum absolute atomic E-state index is 0.444. The zero-order valence-corrected chi connectivity index (χ0v) is 18.8. The molecule has 2 aromatic heterocycles. The van der Waals surface area contributed by atoms with Crippen LogP contribution >= 0.6 is 39.7 Å². The quantitative estimate of drug-likeness (QED) is 0.315. The number of nitrogens with zero attached hydrogens (tertiary/aromatic N) is 3. The number of hydrogen-bond donors (Lipinski definition) is 2. The summed E-state index contributed by atoms with van der Waals surface area (Å²) in [5.74, 6) is 1.46. The number of aromatic amines is 1. The standard InChI is InChI=1S/C21H17BrClN5OS/c22-17-3-6-19(29-13-14-1-4-18(23)5-2-14)16(11-17)12-25-28-20(26-27-21(28)30)15-7-9-24-10-8-15/h1-11,25H,12-13H2,(H,27,30). The van der Waals surface area contributed by atoms with Gasteiger partial charge in [0.2, 0.25) is 4.77 Å².